The predicted molar refractivity (Wildman–Crippen MR) is 197 cm³/mol. The van der Waals surface area contributed by atoms with E-state index < -0.39 is 0 Å². The zero-order valence-corrected chi connectivity index (χ0v) is 30.2. The van der Waals surface area contributed by atoms with Crippen molar-refractivity contribution < 1.29 is 24.1 Å². The van der Waals surface area contributed by atoms with Crippen molar-refractivity contribution in [3.05, 3.63) is 105 Å². The molecule has 0 saturated carbocycles. The van der Waals surface area contributed by atoms with Crippen LogP contribution in [-0.4, -0.2) is 66.2 Å². The van der Waals surface area contributed by atoms with Crippen LogP contribution in [0.25, 0.3) is 11.1 Å². The molecule has 0 aliphatic carbocycles. The maximum absolute atomic E-state index is 9.26. The normalized spacial score (nSPS) is 12.6. The molecule has 2 heterocycles. The molecule has 0 bridgehead atoms. The van der Waals surface area contributed by atoms with Gasteiger partial charge in [0.15, 0.2) is 0 Å². The van der Waals surface area contributed by atoms with Crippen molar-refractivity contribution in [2.75, 3.05) is 39.8 Å². The van der Waals surface area contributed by atoms with Crippen molar-refractivity contribution in [3.8, 4) is 34.4 Å². The molecule has 1 saturated heterocycles. The molecule has 0 amide bonds. The van der Waals surface area contributed by atoms with E-state index in [1.165, 1.54) is 25.9 Å². The van der Waals surface area contributed by atoms with Gasteiger partial charge in [-0.3, -0.25) is 9.78 Å². The summed E-state index contributed by atoms with van der Waals surface area (Å²) >= 11 is 6.78. The number of carboxylic acid groups (broad SMARTS) is 1. The first kappa shape index (κ1) is 38.2. The Morgan fingerprint density at radius 2 is 1.64 bits per heavy atom. The quantitative estimate of drug-likeness (QED) is 0.0974. The van der Waals surface area contributed by atoms with Crippen LogP contribution in [0.4, 0.5) is 0 Å². The monoisotopic (exact) mass is 698 g/mol. The van der Waals surface area contributed by atoms with Gasteiger partial charge in [0, 0.05) is 42.7 Å². The summed E-state index contributed by atoms with van der Waals surface area (Å²) in [5.41, 5.74) is 7.97. The van der Waals surface area contributed by atoms with Crippen molar-refractivity contribution in [3.63, 3.8) is 0 Å². The van der Waals surface area contributed by atoms with E-state index in [1.807, 2.05) is 12.1 Å². The fourth-order valence-corrected chi connectivity index (χ4v) is 6.20. The Morgan fingerprint density at radius 1 is 0.940 bits per heavy atom. The van der Waals surface area contributed by atoms with Crippen LogP contribution in [0.3, 0.4) is 0 Å². The van der Waals surface area contributed by atoms with Gasteiger partial charge in [0.2, 0.25) is 0 Å². The van der Waals surface area contributed by atoms with Gasteiger partial charge in [-0.1, -0.05) is 48.9 Å². The number of ether oxygens (including phenoxy) is 3. The second-order valence-corrected chi connectivity index (χ2v) is 12.8. The van der Waals surface area contributed by atoms with Crippen molar-refractivity contribution in [1.82, 2.24) is 14.8 Å². The highest BCUT2D eigenvalue weighted by atomic mass is 35.5. The minimum absolute atomic E-state index is 0.250. The van der Waals surface area contributed by atoms with E-state index in [1.54, 1.807) is 18.5 Å². The number of nitrogens with zero attached hydrogens (tertiary/aromatic N) is 4. The molecule has 264 valence electrons. The summed E-state index contributed by atoms with van der Waals surface area (Å²) in [5.74, 6) is 2.18. The summed E-state index contributed by atoms with van der Waals surface area (Å²) in [4.78, 5) is 17.2. The lowest BCUT2D eigenvalue weighted by atomic mass is 9.93. The number of hydrogen-bond donors (Lipinski definition) is 1. The lowest BCUT2D eigenvalue weighted by Gasteiger charge is -2.20. The molecule has 1 aromatic heterocycles. The zero-order valence-electron chi connectivity index (χ0n) is 29.5. The summed E-state index contributed by atoms with van der Waals surface area (Å²) in [5, 5.41) is 16.7. The first-order chi connectivity index (χ1) is 24.3. The largest absolute Gasteiger partial charge is 0.493 e. The van der Waals surface area contributed by atoms with Gasteiger partial charge in [-0.05, 0) is 106 Å². The Labute approximate surface area is 301 Å². The fraction of sp³-hybridized carbons (Fsp3) is 0.375. The molecular formula is C40H47ClN4O5. The number of aromatic nitrogens is 1. The first-order valence-corrected chi connectivity index (χ1v) is 17.4. The third kappa shape index (κ3) is 10.7. The Hall–Kier alpha value is -4.62. The molecule has 1 aliphatic rings. The number of hydrogen-bond acceptors (Lipinski definition) is 8. The molecule has 10 heteroatoms. The van der Waals surface area contributed by atoms with Crippen LogP contribution in [0.1, 0.15) is 59.6 Å². The second-order valence-electron chi connectivity index (χ2n) is 12.4. The Balaban J connectivity index is 0.00000181. The zero-order chi connectivity index (χ0) is 35.9. The fourth-order valence-electron chi connectivity index (χ4n) is 5.96. The summed E-state index contributed by atoms with van der Waals surface area (Å²) in [7, 11) is 2.05. The summed E-state index contributed by atoms with van der Waals surface area (Å²) in [6.45, 7) is 12.6. The number of pyridine rings is 1. The third-order valence-corrected chi connectivity index (χ3v) is 9.19. The lowest BCUT2D eigenvalue weighted by molar-refractivity contribution is -0.122. The topological polar surface area (TPSA) is 108 Å². The molecule has 0 unspecified atom stereocenters. The lowest BCUT2D eigenvalue weighted by Crippen LogP contribution is -2.22. The molecule has 1 fully saturated rings. The highest BCUT2D eigenvalue weighted by molar-refractivity contribution is 6.32. The van der Waals surface area contributed by atoms with Crippen LogP contribution in [0.15, 0.2) is 67.0 Å². The number of carbonyl (C=O) groups is 1. The van der Waals surface area contributed by atoms with E-state index in [0.29, 0.717) is 35.2 Å². The molecule has 0 atom stereocenters. The molecule has 3 aromatic carbocycles. The van der Waals surface area contributed by atoms with Crippen molar-refractivity contribution in [1.29, 1.82) is 5.26 Å². The molecule has 4 aromatic rings. The molecule has 5 rings (SSSR count). The predicted octanol–water partition coefficient (Wildman–Crippen LogP) is 8.07. The summed E-state index contributed by atoms with van der Waals surface area (Å²) in [6.07, 6.45) is 6.91. The highest BCUT2D eigenvalue weighted by Crippen LogP contribution is 2.36. The summed E-state index contributed by atoms with van der Waals surface area (Å²) in [6, 6.07) is 20.3. The van der Waals surface area contributed by atoms with E-state index in [-0.39, 0.29) is 13.1 Å². The SMILES string of the molecule is CCN(C)Cc1cc(Cl)c(OCc2cccc(-c3cccc(OCCCN4CCCC4)c3C)c2C)cc1OCc1cncc(C#N)c1.O=CO. The standard InChI is InChI=1S/C39H45ClN4O3.CH2O2/c1-5-43(4)25-33-20-36(40)39(21-38(33)46-26-31-19-30(22-41)23-42-24-31)47-27-32-11-8-12-34(28(32)2)35-13-9-14-37(29(35)3)45-18-10-17-44-15-6-7-16-44;2-1-3/h8-9,11-14,19-21,23-24H,5-7,10,15-18,25-27H2,1-4H3;1H,(H,2,3). The van der Waals surface area contributed by atoms with Gasteiger partial charge in [0.1, 0.15) is 36.5 Å². The Kier molecular flexibility index (Phi) is 14.9. The van der Waals surface area contributed by atoms with Gasteiger partial charge in [-0.25, -0.2) is 0 Å². The van der Waals surface area contributed by atoms with Crippen molar-refractivity contribution in [2.45, 2.75) is 59.8 Å². The number of likely N-dealkylation sites (tertiary alicyclic amines) is 1. The van der Waals surface area contributed by atoms with Crippen molar-refractivity contribution in [2.24, 2.45) is 0 Å². The van der Waals surface area contributed by atoms with Gasteiger partial charge in [-0.2, -0.15) is 5.26 Å². The third-order valence-electron chi connectivity index (χ3n) is 8.89. The molecular weight excluding hydrogens is 652 g/mol. The van der Waals surface area contributed by atoms with E-state index in [9.17, 15) is 5.26 Å². The van der Waals surface area contributed by atoms with Crippen LogP contribution in [0.5, 0.6) is 17.2 Å². The van der Waals surface area contributed by atoms with Crippen LogP contribution in [0.2, 0.25) is 5.02 Å². The first-order valence-electron chi connectivity index (χ1n) is 17.0. The van der Waals surface area contributed by atoms with Crippen LogP contribution >= 0.6 is 11.6 Å². The van der Waals surface area contributed by atoms with E-state index in [2.05, 4.69) is 85.1 Å². The van der Waals surface area contributed by atoms with Gasteiger partial charge in [0.05, 0.1) is 17.2 Å². The average molecular weight is 699 g/mol. The maximum atomic E-state index is 9.26. The second kappa shape index (κ2) is 19.5. The van der Waals surface area contributed by atoms with Crippen LogP contribution < -0.4 is 14.2 Å². The molecule has 1 N–H and O–H groups in total. The summed E-state index contributed by atoms with van der Waals surface area (Å²) < 4.78 is 18.9. The number of nitriles is 1. The highest BCUT2D eigenvalue weighted by Gasteiger charge is 2.16. The van der Waals surface area contributed by atoms with Gasteiger partial charge in [0.25, 0.3) is 6.47 Å². The minimum atomic E-state index is -0.250. The molecule has 50 heavy (non-hydrogen) atoms. The Morgan fingerprint density at radius 3 is 2.36 bits per heavy atom. The molecule has 9 nitrogen and oxygen atoms in total. The number of halogens is 1. The van der Waals surface area contributed by atoms with Crippen LogP contribution in [-0.2, 0) is 24.6 Å². The molecule has 0 radical (unpaired) electrons. The molecule has 0 spiro atoms. The number of benzene rings is 3. The van der Waals surface area contributed by atoms with E-state index >= 15 is 0 Å². The van der Waals surface area contributed by atoms with Gasteiger partial charge < -0.3 is 29.1 Å². The number of rotatable bonds is 15. The van der Waals surface area contributed by atoms with E-state index in [0.717, 1.165) is 70.8 Å². The van der Waals surface area contributed by atoms with Crippen molar-refractivity contribution >= 4 is 18.1 Å². The minimum Gasteiger partial charge on any atom is -0.493 e. The smallest absolute Gasteiger partial charge is 0.290 e. The van der Waals surface area contributed by atoms with Gasteiger partial charge in [-0.15, -0.1) is 0 Å². The van der Waals surface area contributed by atoms with Gasteiger partial charge >= 0.3 is 0 Å². The van der Waals surface area contributed by atoms with Crippen LogP contribution in [0, 0.1) is 25.2 Å². The maximum Gasteiger partial charge on any atom is 0.290 e. The average Bonchev–Trinajstić information content (AvgIpc) is 3.65. The molecule has 1 aliphatic heterocycles. The Bertz CT molecular complexity index is 1750. The van der Waals surface area contributed by atoms with E-state index in [4.69, 9.17) is 35.7 Å².